The first-order valence-electron chi connectivity index (χ1n) is 7.14. The predicted molar refractivity (Wildman–Crippen MR) is 76.0 cm³/mol. The van der Waals surface area contributed by atoms with Crippen molar-refractivity contribution in [1.29, 1.82) is 0 Å². The van der Waals surface area contributed by atoms with Gasteiger partial charge < -0.3 is 10.2 Å². The second-order valence-electron chi connectivity index (χ2n) is 5.03. The average molecular weight is 248 g/mol. The lowest BCUT2D eigenvalue weighted by Crippen LogP contribution is -2.34. The molecule has 1 aromatic heterocycles. The van der Waals surface area contributed by atoms with Gasteiger partial charge in [-0.3, -0.25) is 4.98 Å². The fourth-order valence-electron chi connectivity index (χ4n) is 2.42. The molecule has 1 aliphatic rings. The summed E-state index contributed by atoms with van der Waals surface area (Å²) >= 11 is 0. The molecule has 0 unspecified atom stereocenters. The van der Waals surface area contributed by atoms with E-state index in [4.69, 9.17) is 0 Å². The summed E-state index contributed by atoms with van der Waals surface area (Å²) in [6, 6.07) is 0. The summed E-state index contributed by atoms with van der Waals surface area (Å²) in [7, 11) is 0. The third kappa shape index (κ3) is 3.34. The van der Waals surface area contributed by atoms with E-state index in [1.54, 1.807) is 6.20 Å². The molecular formula is C14H24N4. The minimum Gasteiger partial charge on any atom is -0.369 e. The first-order chi connectivity index (χ1) is 8.83. The van der Waals surface area contributed by atoms with Crippen LogP contribution in [-0.4, -0.2) is 29.6 Å². The van der Waals surface area contributed by atoms with Crippen LogP contribution in [0, 0.1) is 5.92 Å². The number of aromatic nitrogens is 2. The summed E-state index contributed by atoms with van der Waals surface area (Å²) in [6.07, 6.45) is 8.66. The van der Waals surface area contributed by atoms with Gasteiger partial charge in [0.25, 0.3) is 0 Å². The molecule has 2 heterocycles. The summed E-state index contributed by atoms with van der Waals surface area (Å²) in [5.41, 5.74) is 0. The highest BCUT2D eigenvalue weighted by molar-refractivity contribution is 5.44. The van der Waals surface area contributed by atoms with E-state index in [2.05, 4.69) is 34.0 Å². The Bertz CT molecular complexity index is 359. The van der Waals surface area contributed by atoms with Gasteiger partial charge in [0.2, 0.25) is 0 Å². The predicted octanol–water partition coefficient (Wildman–Crippen LogP) is 2.92. The van der Waals surface area contributed by atoms with Crippen LogP contribution < -0.4 is 10.2 Å². The molecular weight excluding hydrogens is 224 g/mol. The highest BCUT2D eigenvalue weighted by Crippen LogP contribution is 2.23. The van der Waals surface area contributed by atoms with Crippen LogP contribution in [-0.2, 0) is 0 Å². The van der Waals surface area contributed by atoms with E-state index in [0.717, 1.165) is 43.6 Å². The molecule has 1 fully saturated rings. The highest BCUT2D eigenvalue weighted by Gasteiger charge is 2.19. The lowest BCUT2D eigenvalue weighted by molar-refractivity contribution is 0.393. The summed E-state index contributed by atoms with van der Waals surface area (Å²) in [5.74, 6) is 2.81. The fraction of sp³-hybridized carbons (Fsp3) is 0.714. The van der Waals surface area contributed by atoms with Gasteiger partial charge in [0.1, 0.15) is 11.6 Å². The van der Waals surface area contributed by atoms with E-state index in [-0.39, 0.29) is 0 Å². The number of piperidine rings is 1. The summed E-state index contributed by atoms with van der Waals surface area (Å²) < 4.78 is 0. The van der Waals surface area contributed by atoms with E-state index in [0.29, 0.717) is 0 Å². The Balaban J connectivity index is 1.96. The number of hydrogen-bond donors (Lipinski definition) is 1. The molecule has 0 aromatic carbocycles. The highest BCUT2D eigenvalue weighted by atomic mass is 15.2. The van der Waals surface area contributed by atoms with Gasteiger partial charge in [-0.15, -0.1) is 0 Å². The maximum absolute atomic E-state index is 4.64. The third-order valence-electron chi connectivity index (χ3n) is 3.69. The van der Waals surface area contributed by atoms with Crippen LogP contribution >= 0.6 is 0 Å². The van der Waals surface area contributed by atoms with Gasteiger partial charge in [0.15, 0.2) is 0 Å². The number of nitrogens with zero attached hydrogens (tertiary/aromatic N) is 3. The molecule has 100 valence electrons. The first kappa shape index (κ1) is 13.1. The van der Waals surface area contributed by atoms with Gasteiger partial charge >= 0.3 is 0 Å². The summed E-state index contributed by atoms with van der Waals surface area (Å²) in [6.45, 7) is 7.63. The van der Waals surface area contributed by atoms with Gasteiger partial charge in [0, 0.05) is 19.6 Å². The molecule has 0 radical (unpaired) electrons. The zero-order valence-corrected chi connectivity index (χ0v) is 11.5. The molecule has 0 bridgehead atoms. The Hall–Kier alpha value is -1.32. The molecule has 18 heavy (non-hydrogen) atoms. The van der Waals surface area contributed by atoms with Crippen molar-refractivity contribution in [1.82, 2.24) is 9.97 Å². The molecule has 0 aliphatic carbocycles. The van der Waals surface area contributed by atoms with Crippen LogP contribution in [0.15, 0.2) is 12.4 Å². The zero-order chi connectivity index (χ0) is 12.8. The van der Waals surface area contributed by atoms with Crippen molar-refractivity contribution >= 4 is 11.6 Å². The fourth-order valence-corrected chi connectivity index (χ4v) is 2.42. The quantitative estimate of drug-likeness (QED) is 0.870. The maximum Gasteiger partial charge on any atom is 0.149 e. The maximum atomic E-state index is 4.64. The van der Waals surface area contributed by atoms with Crippen molar-refractivity contribution in [3.63, 3.8) is 0 Å². The van der Waals surface area contributed by atoms with Crippen LogP contribution in [0.5, 0.6) is 0 Å². The normalized spacial score (nSPS) is 16.9. The Morgan fingerprint density at radius 3 is 2.72 bits per heavy atom. The first-order valence-corrected chi connectivity index (χ1v) is 7.14. The Labute approximate surface area is 110 Å². The standard InChI is InChI=1S/C14H24N4/c1-3-7-16-13-10-15-11-14(17-13)18-8-5-12(4-2)6-9-18/h10-12H,3-9H2,1-2H3,(H,16,17). The molecule has 4 heteroatoms. The second kappa shape index (κ2) is 6.57. The van der Waals surface area contributed by atoms with Crippen molar-refractivity contribution < 1.29 is 0 Å². The monoisotopic (exact) mass is 248 g/mol. The van der Waals surface area contributed by atoms with Crippen molar-refractivity contribution in [3.05, 3.63) is 12.4 Å². The van der Waals surface area contributed by atoms with E-state index in [1.807, 2.05) is 6.20 Å². The van der Waals surface area contributed by atoms with Crippen LogP contribution in [0.3, 0.4) is 0 Å². The summed E-state index contributed by atoms with van der Waals surface area (Å²) in [5, 5.41) is 3.29. The van der Waals surface area contributed by atoms with Gasteiger partial charge in [-0.05, 0) is 25.2 Å². The largest absolute Gasteiger partial charge is 0.369 e. The van der Waals surface area contributed by atoms with E-state index < -0.39 is 0 Å². The SMILES string of the molecule is CCCNc1cncc(N2CCC(CC)CC2)n1. The lowest BCUT2D eigenvalue weighted by Gasteiger charge is -2.32. The van der Waals surface area contributed by atoms with Crippen molar-refractivity contribution in [3.8, 4) is 0 Å². The summed E-state index contributed by atoms with van der Waals surface area (Å²) in [4.78, 5) is 11.3. The Morgan fingerprint density at radius 1 is 1.28 bits per heavy atom. The lowest BCUT2D eigenvalue weighted by atomic mass is 9.94. The van der Waals surface area contributed by atoms with Crippen LogP contribution in [0.25, 0.3) is 0 Å². The van der Waals surface area contributed by atoms with E-state index in [9.17, 15) is 0 Å². The minimum atomic E-state index is 0.895. The molecule has 0 saturated carbocycles. The molecule has 1 aromatic rings. The van der Waals surface area contributed by atoms with E-state index >= 15 is 0 Å². The molecule has 1 N–H and O–H groups in total. The number of rotatable bonds is 5. The second-order valence-corrected chi connectivity index (χ2v) is 5.03. The van der Waals surface area contributed by atoms with Crippen LogP contribution in [0.1, 0.15) is 39.5 Å². The number of hydrogen-bond acceptors (Lipinski definition) is 4. The van der Waals surface area contributed by atoms with Gasteiger partial charge in [-0.1, -0.05) is 20.3 Å². The minimum absolute atomic E-state index is 0.895. The smallest absolute Gasteiger partial charge is 0.149 e. The molecule has 1 saturated heterocycles. The van der Waals surface area contributed by atoms with Crippen LogP contribution in [0.2, 0.25) is 0 Å². The molecule has 0 spiro atoms. The molecule has 0 atom stereocenters. The topological polar surface area (TPSA) is 41.1 Å². The van der Waals surface area contributed by atoms with Gasteiger partial charge in [-0.2, -0.15) is 0 Å². The average Bonchev–Trinajstić information content (AvgIpc) is 2.45. The van der Waals surface area contributed by atoms with Gasteiger partial charge in [0.05, 0.1) is 12.4 Å². The van der Waals surface area contributed by atoms with Crippen molar-refractivity contribution in [2.24, 2.45) is 5.92 Å². The van der Waals surface area contributed by atoms with Crippen molar-refractivity contribution in [2.45, 2.75) is 39.5 Å². The van der Waals surface area contributed by atoms with Crippen molar-refractivity contribution in [2.75, 3.05) is 29.9 Å². The Kier molecular flexibility index (Phi) is 4.79. The molecule has 0 amide bonds. The van der Waals surface area contributed by atoms with E-state index in [1.165, 1.54) is 19.3 Å². The Morgan fingerprint density at radius 2 is 2.06 bits per heavy atom. The molecule has 4 nitrogen and oxygen atoms in total. The zero-order valence-electron chi connectivity index (χ0n) is 11.5. The van der Waals surface area contributed by atoms with Crippen LogP contribution in [0.4, 0.5) is 11.6 Å². The molecule has 1 aliphatic heterocycles. The number of nitrogens with one attached hydrogen (secondary N) is 1. The number of anilines is 2. The van der Waals surface area contributed by atoms with Gasteiger partial charge in [-0.25, -0.2) is 4.98 Å². The third-order valence-corrected chi connectivity index (χ3v) is 3.69. The molecule has 2 rings (SSSR count).